The lowest BCUT2D eigenvalue weighted by Crippen LogP contribution is -2.29. The molecule has 1 heterocycles. The number of nitrogens with one attached hydrogen (secondary N) is 1. The fourth-order valence-corrected chi connectivity index (χ4v) is 2.49. The molecule has 3 rings (SSSR count). The molecule has 4 nitrogen and oxygen atoms in total. The normalized spacial score (nSPS) is 11.9. The van der Waals surface area contributed by atoms with Crippen LogP contribution in [0.3, 0.4) is 0 Å². The molecule has 1 amide bonds. The molecule has 1 aromatic heterocycles. The van der Waals surface area contributed by atoms with Gasteiger partial charge in [-0.2, -0.15) is 0 Å². The summed E-state index contributed by atoms with van der Waals surface area (Å²) in [7, 11) is 0. The summed E-state index contributed by atoms with van der Waals surface area (Å²) in [6.07, 6.45) is 0.943. The Morgan fingerprint density at radius 1 is 0.958 bits per heavy atom. The summed E-state index contributed by atoms with van der Waals surface area (Å²) in [6.45, 7) is 0.133. The van der Waals surface area contributed by atoms with Crippen LogP contribution in [-0.4, -0.2) is 17.6 Å². The van der Waals surface area contributed by atoms with Crippen LogP contribution in [0.4, 0.5) is 0 Å². The number of benzene rings is 2. The van der Waals surface area contributed by atoms with Crippen molar-refractivity contribution in [3.63, 3.8) is 0 Å². The van der Waals surface area contributed by atoms with Crippen LogP contribution in [0, 0.1) is 0 Å². The fraction of sp³-hybridized carbons (Fsp3) is 0.150. The molecule has 0 aliphatic heterocycles. The number of furan rings is 1. The number of hydrogen-bond donors (Lipinski definition) is 2. The van der Waals surface area contributed by atoms with E-state index in [2.05, 4.69) is 17.4 Å². The second-order valence-corrected chi connectivity index (χ2v) is 5.58. The van der Waals surface area contributed by atoms with E-state index in [1.54, 1.807) is 12.1 Å². The van der Waals surface area contributed by atoms with Gasteiger partial charge in [-0.3, -0.25) is 4.79 Å². The molecule has 0 bridgehead atoms. The van der Waals surface area contributed by atoms with Gasteiger partial charge in [-0.1, -0.05) is 54.6 Å². The monoisotopic (exact) mass is 321 g/mol. The Kier molecular flexibility index (Phi) is 5.08. The average Bonchev–Trinajstić information content (AvgIpc) is 3.16. The first-order valence-electron chi connectivity index (χ1n) is 7.85. The van der Waals surface area contributed by atoms with E-state index in [0.717, 1.165) is 16.7 Å². The van der Waals surface area contributed by atoms with Crippen molar-refractivity contribution in [3.05, 3.63) is 84.3 Å². The zero-order valence-corrected chi connectivity index (χ0v) is 13.2. The molecule has 122 valence electrons. The van der Waals surface area contributed by atoms with Crippen molar-refractivity contribution in [3.8, 4) is 11.1 Å². The van der Waals surface area contributed by atoms with Gasteiger partial charge in [0, 0.05) is 0 Å². The molecule has 2 aromatic carbocycles. The molecular formula is C20H19NO3. The van der Waals surface area contributed by atoms with Gasteiger partial charge >= 0.3 is 0 Å². The summed E-state index contributed by atoms with van der Waals surface area (Å²) in [5, 5.41) is 12.6. The fourth-order valence-electron chi connectivity index (χ4n) is 2.49. The molecule has 1 atom stereocenters. The Morgan fingerprint density at radius 2 is 1.67 bits per heavy atom. The molecule has 0 radical (unpaired) electrons. The quantitative estimate of drug-likeness (QED) is 0.732. The van der Waals surface area contributed by atoms with Crippen molar-refractivity contribution in [2.75, 3.05) is 6.54 Å². The van der Waals surface area contributed by atoms with Crippen LogP contribution in [0.15, 0.2) is 77.4 Å². The van der Waals surface area contributed by atoms with Crippen LogP contribution in [0.25, 0.3) is 11.1 Å². The van der Waals surface area contributed by atoms with E-state index in [9.17, 15) is 9.90 Å². The number of aliphatic hydroxyl groups is 1. The SMILES string of the molecule is O=C(Cc1ccc(-c2ccccc2)cc1)NCC(O)c1ccco1. The smallest absolute Gasteiger partial charge is 0.224 e. The van der Waals surface area contributed by atoms with Gasteiger partial charge in [0.25, 0.3) is 0 Å². The van der Waals surface area contributed by atoms with E-state index < -0.39 is 6.10 Å². The maximum absolute atomic E-state index is 12.0. The Labute approximate surface area is 140 Å². The third-order valence-electron chi connectivity index (χ3n) is 3.79. The molecule has 0 saturated heterocycles. The molecule has 24 heavy (non-hydrogen) atoms. The van der Waals surface area contributed by atoms with Crippen LogP contribution >= 0.6 is 0 Å². The van der Waals surface area contributed by atoms with Gasteiger partial charge in [-0.25, -0.2) is 0 Å². The molecule has 4 heteroatoms. The highest BCUT2D eigenvalue weighted by Gasteiger charge is 2.12. The van der Waals surface area contributed by atoms with Crippen molar-refractivity contribution in [2.45, 2.75) is 12.5 Å². The zero-order chi connectivity index (χ0) is 16.8. The number of hydrogen-bond acceptors (Lipinski definition) is 3. The van der Waals surface area contributed by atoms with E-state index >= 15 is 0 Å². The summed E-state index contributed by atoms with van der Waals surface area (Å²) < 4.78 is 5.10. The van der Waals surface area contributed by atoms with Crippen molar-refractivity contribution in [1.82, 2.24) is 5.32 Å². The van der Waals surface area contributed by atoms with Crippen LogP contribution in [0.2, 0.25) is 0 Å². The van der Waals surface area contributed by atoms with Gasteiger partial charge in [0.15, 0.2) is 0 Å². The van der Waals surface area contributed by atoms with Gasteiger partial charge in [0.2, 0.25) is 5.91 Å². The van der Waals surface area contributed by atoms with Gasteiger partial charge in [0.1, 0.15) is 11.9 Å². The minimum absolute atomic E-state index is 0.131. The average molecular weight is 321 g/mol. The second-order valence-electron chi connectivity index (χ2n) is 5.58. The highest BCUT2D eigenvalue weighted by atomic mass is 16.4. The second kappa shape index (κ2) is 7.62. The molecule has 0 fully saturated rings. The molecule has 0 spiro atoms. The minimum Gasteiger partial charge on any atom is -0.467 e. The van der Waals surface area contributed by atoms with Crippen LogP contribution in [0.1, 0.15) is 17.4 Å². The van der Waals surface area contributed by atoms with E-state index in [1.165, 1.54) is 6.26 Å². The highest BCUT2D eigenvalue weighted by molar-refractivity contribution is 5.78. The maximum atomic E-state index is 12.0. The predicted molar refractivity (Wildman–Crippen MR) is 92.3 cm³/mol. The lowest BCUT2D eigenvalue weighted by Gasteiger charge is -2.10. The Hall–Kier alpha value is -2.85. The number of carbonyl (C=O) groups excluding carboxylic acids is 1. The zero-order valence-electron chi connectivity index (χ0n) is 13.2. The highest BCUT2D eigenvalue weighted by Crippen LogP contribution is 2.19. The van der Waals surface area contributed by atoms with Gasteiger partial charge in [-0.15, -0.1) is 0 Å². The first-order chi connectivity index (χ1) is 11.7. The third kappa shape index (κ3) is 4.12. The molecule has 0 aliphatic rings. The van der Waals surface area contributed by atoms with E-state index in [1.807, 2.05) is 42.5 Å². The summed E-state index contributed by atoms with van der Waals surface area (Å²) in [4.78, 5) is 12.0. The molecule has 3 aromatic rings. The Morgan fingerprint density at radius 3 is 2.33 bits per heavy atom. The van der Waals surface area contributed by atoms with Gasteiger partial charge in [-0.05, 0) is 28.8 Å². The standard InChI is InChI=1S/C20H19NO3/c22-18(19-7-4-12-24-19)14-21-20(23)13-15-8-10-17(11-9-15)16-5-2-1-3-6-16/h1-12,18,22H,13-14H2,(H,21,23). The predicted octanol–water partition coefficient (Wildman–Crippen LogP) is 3.34. The lowest BCUT2D eigenvalue weighted by atomic mass is 10.0. The number of amides is 1. The molecule has 2 N–H and O–H groups in total. The first-order valence-corrected chi connectivity index (χ1v) is 7.85. The van der Waals surface area contributed by atoms with Gasteiger partial charge < -0.3 is 14.8 Å². The topological polar surface area (TPSA) is 62.5 Å². The van der Waals surface area contributed by atoms with Crippen LogP contribution in [0.5, 0.6) is 0 Å². The van der Waals surface area contributed by atoms with Crippen molar-refractivity contribution < 1.29 is 14.3 Å². The number of rotatable bonds is 6. The Bertz CT molecular complexity index is 764. The lowest BCUT2D eigenvalue weighted by molar-refractivity contribution is -0.120. The number of carbonyl (C=O) groups is 1. The first kappa shape index (κ1) is 16.0. The van der Waals surface area contributed by atoms with Crippen molar-refractivity contribution in [2.24, 2.45) is 0 Å². The van der Waals surface area contributed by atoms with E-state index in [0.29, 0.717) is 5.76 Å². The minimum atomic E-state index is -0.829. The third-order valence-corrected chi connectivity index (χ3v) is 3.79. The Balaban J connectivity index is 1.53. The molecular weight excluding hydrogens is 302 g/mol. The summed E-state index contributed by atoms with van der Waals surface area (Å²) in [6, 6.07) is 21.4. The summed E-state index contributed by atoms with van der Waals surface area (Å²) in [5.41, 5.74) is 3.20. The van der Waals surface area contributed by atoms with Crippen molar-refractivity contribution >= 4 is 5.91 Å². The summed E-state index contributed by atoms with van der Waals surface area (Å²) in [5.74, 6) is 0.315. The molecule has 0 saturated carbocycles. The summed E-state index contributed by atoms with van der Waals surface area (Å²) >= 11 is 0. The van der Waals surface area contributed by atoms with E-state index in [4.69, 9.17) is 4.42 Å². The molecule has 1 unspecified atom stereocenters. The molecule has 0 aliphatic carbocycles. The van der Waals surface area contributed by atoms with E-state index in [-0.39, 0.29) is 18.9 Å². The van der Waals surface area contributed by atoms with Crippen LogP contribution < -0.4 is 5.32 Å². The maximum Gasteiger partial charge on any atom is 0.224 e. The number of aliphatic hydroxyl groups excluding tert-OH is 1. The van der Waals surface area contributed by atoms with Gasteiger partial charge in [0.05, 0.1) is 19.2 Å². The largest absolute Gasteiger partial charge is 0.467 e. The van der Waals surface area contributed by atoms with Crippen molar-refractivity contribution in [1.29, 1.82) is 0 Å². The van der Waals surface area contributed by atoms with Crippen LogP contribution in [-0.2, 0) is 11.2 Å².